The number of hydrogen-bond donors (Lipinski definition) is 1. The number of amides is 2. The molecule has 3 aliphatic rings. The van der Waals surface area contributed by atoms with E-state index in [1.807, 2.05) is 4.90 Å². The molecule has 0 aliphatic carbocycles. The van der Waals surface area contributed by atoms with E-state index in [4.69, 9.17) is 4.74 Å². The number of carbonyl (C=O) groups excluding carboxylic acids is 1. The summed E-state index contributed by atoms with van der Waals surface area (Å²) in [4.78, 5) is 19.1. The van der Waals surface area contributed by atoms with Crippen LogP contribution in [0, 0.1) is 0 Å². The molecule has 0 saturated carbocycles. The van der Waals surface area contributed by atoms with Crippen LogP contribution in [0.2, 0.25) is 0 Å². The molecule has 6 nitrogen and oxygen atoms in total. The number of piperidine rings is 1. The standard InChI is InChI=1S/C21H29F3N4O2/c22-21(23,24)16-5-6-19(27-10-12-30-13-11-27)18(14-16)25-20(29)28-9-3-4-17(15-28)26-7-1-2-8-26/h5-6,14,17H,1-4,7-13,15H2,(H,25,29). The van der Waals surface area contributed by atoms with Crippen LogP contribution in [0.15, 0.2) is 18.2 Å². The van der Waals surface area contributed by atoms with Gasteiger partial charge >= 0.3 is 12.2 Å². The third kappa shape index (κ3) is 4.83. The zero-order chi connectivity index (χ0) is 21.1. The van der Waals surface area contributed by atoms with E-state index in [0.29, 0.717) is 51.1 Å². The van der Waals surface area contributed by atoms with Crippen LogP contribution in [0.5, 0.6) is 0 Å². The molecule has 0 aromatic heterocycles. The smallest absolute Gasteiger partial charge is 0.378 e. The van der Waals surface area contributed by atoms with Crippen LogP contribution < -0.4 is 10.2 Å². The first-order valence-electron chi connectivity index (χ1n) is 10.8. The minimum Gasteiger partial charge on any atom is -0.378 e. The highest BCUT2D eigenvalue weighted by molar-refractivity contribution is 5.93. The van der Waals surface area contributed by atoms with Gasteiger partial charge in [0, 0.05) is 32.2 Å². The van der Waals surface area contributed by atoms with Gasteiger partial charge in [0.2, 0.25) is 0 Å². The molecule has 1 aromatic carbocycles. The lowest BCUT2D eigenvalue weighted by atomic mass is 10.0. The molecule has 1 N–H and O–H groups in total. The van der Waals surface area contributed by atoms with Crippen molar-refractivity contribution < 1.29 is 22.7 Å². The number of alkyl halides is 3. The molecule has 3 fully saturated rings. The number of urea groups is 1. The van der Waals surface area contributed by atoms with E-state index in [1.54, 1.807) is 4.90 Å². The number of morpholine rings is 1. The van der Waals surface area contributed by atoms with E-state index in [1.165, 1.54) is 18.9 Å². The molecule has 30 heavy (non-hydrogen) atoms. The van der Waals surface area contributed by atoms with E-state index in [-0.39, 0.29) is 11.7 Å². The lowest BCUT2D eigenvalue weighted by Gasteiger charge is -2.38. The summed E-state index contributed by atoms with van der Waals surface area (Å²) in [6.45, 7) is 5.56. The summed E-state index contributed by atoms with van der Waals surface area (Å²) in [5.74, 6) is 0. The van der Waals surface area contributed by atoms with Crippen molar-refractivity contribution >= 4 is 17.4 Å². The van der Waals surface area contributed by atoms with Crippen LogP contribution in [0.3, 0.4) is 0 Å². The molecule has 9 heteroatoms. The quantitative estimate of drug-likeness (QED) is 0.802. The first kappa shape index (κ1) is 21.2. The average Bonchev–Trinajstić information content (AvgIpc) is 3.29. The fourth-order valence-corrected chi connectivity index (χ4v) is 4.63. The summed E-state index contributed by atoms with van der Waals surface area (Å²) in [5.41, 5.74) is 0.0520. The Balaban J connectivity index is 1.51. The molecule has 3 heterocycles. The summed E-state index contributed by atoms with van der Waals surface area (Å²) in [5, 5.41) is 2.79. The number of halogens is 3. The molecule has 0 spiro atoms. The predicted octanol–water partition coefficient (Wildman–Crippen LogP) is 3.63. The van der Waals surface area contributed by atoms with E-state index >= 15 is 0 Å². The van der Waals surface area contributed by atoms with Gasteiger partial charge in [-0.25, -0.2) is 4.79 Å². The molecular weight excluding hydrogens is 397 g/mol. The molecule has 166 valence electrons. The van der Waals surface area contributed by atoms with Crippen molar-refractivity contribution in [3.63, 3.8) is 0 Å². The normalized spacial score (nSPS) is 23.6. The van der Waals surface area contributed by atoms with Crippen molar-refractivity contribution in [2.45, 2.75) is 37.9 Å². The summed E-state index contributed by atoms with van der Waals surface area (Å²) in [6.07, 6.45) is -0.111. The number of hydrogen-bond acceptors (Lipinski definition) is 4. The van der Waals surface area contributed by atoms with Gasteiger partial charge in [0.05, 0.1) is 30.2 Å². The minimum atomic E-state index is -4.46. The second-order valence-corrected chi connectivity index (χ2v) is 8.24. The van der Waals surface area contributed by atoms with Gasteiger partial charge in [0.15, 0.2) is 0 Å². The molecule has 1 atom stereocenters. The Hall–Kier alpha value is -2.00. The zero-order valence-electron chi connectivity index (χ0n) is 17.1. The third-order valence-corrected chi connectivity index (χ3v) is 6.26. The van der Waals surface area contributed by atoms with Crippen LogP contribution in [-0.4, -0.2) is 74.4 Å². The van der Waals surface area contributed by atoms with Gasteiger partial charge in [-0.2, -0.15) is 13.2 Å². The Kier molecular flexibility index (Phi) is 6.38. The second kappa shape index (κ2) is 9.01. The van der Waals surface area contributed by atoms with Crippen molar-refractivity contribution in [3.05, 3.63) is 23.8 Å². The van der Waals surface area contributed by atoms with Gasteiger partial charge in [-0.3, -0.25) is 4.90 Å². The van der Waals surface area contributed by atoms with Gasteiger partial charge in [0.25, 0.3) is 0 Å². The highest BCUT2D eigenvalue weighted by Gasteiger charge is 2.33. The van der Waals surface area contributed by atoms with E-state index in [0.717, 1.165) is 38.1 Å². The van der Waals surface area contributed by atoms with Crippen molar-refractivity contribution in [3.8, 4) is 0 Å². The highest BCUT2D eigenvalue weighted by atomic mass is 19.4. The molecule has 3 aliphatic heterocycles. The van der Waals surface area contributed by atoms with Crippen molar-refractivity contribution in [2.75, 3.05) is 62.7 Å². The Labute approximate surface area is 174 Å². The van der Waals surface area contributed by atoms with Crippen LogP contribution in [0.25, 0.3) is 0 Å². The van der Waals surface area contributed by atoms with E-state index in [2.05, 4.69) is 10.2 Å². The minimum absolute atomic E-state index is 0.208. The summed E-state index contributed by atoms with van der Waals surface area (Å²) < 4.78 is 45.2. The summed E-state index contributed by atoms with van der Waals surface area (Å²) in [6, 6.07) is 3.59. The number of anilines is 2. The topological polar surface area (TPSA) is 48.1 Å². The Morgan fingerprint density at radius 3 is 2.47 bits per heavy atom. The molecule has 3 saturated heterocycles. The zero-order valence-corrected chi connectivity index (χ0v) is 17.1. The molecule has 0 bridgehead atoms. The molecular formula is C21H29F3N4O2. The number of rotatable bonds is 3. The number of likely N-dealkylation sites (tertiary alicyclic amines) is 2. The van der Waals surface area contributed by atoms with Gasteiger partial charge < -0.3 is 19.9 Å². The molecule has 1 unspecified atom stereocenters. The highest BCUT2D eigenvalue weighted by Crippen LogP contribution is 2.36. The maximum atomic E-state index is 13.3. The number of ether oxygens (including phenoxy) is 1. The van der Waals surface area contributed by atoms with E-state index in [9.17, 15) is 18.0 Å². The Morgan fingerprint density at radius 2 is 1.77 bits per heavy atom. The van der Waals surface area contributed by atoms with Gasteiger partial charge in [0.1, 0.15) is 0 Å². The number of nitrogens with zero attached hydrogens (tertiary/aromatic N) is 3. The van der Waals surface area contributed by atoms with Gasteiger partial charge in [-0.1, -0.05) is 0 Å². The fourth-order valence-electron chi connectivity index (χ4n) is 4.63. The Bertz CT molecular complexity index is 746. The third-order valence-electron chi connectivity index (χ3n) is 6.26. The first-order chi connectivity index (χ1) is 14.4. The van der Waals surface area contributed by atoms with Gasteiger partial charge in [-0.05, 0) is 57.0 Å². The van der Waals surface area contributed by atoms with Crippen molar-refractivity contribution in [1.29, 1.82) is 0 Å². The number of benzene rings is 1. The van der Waals surface area contributed by atoms with Crippen LogP contribution in [-0.2, 0) is 10.9 Å². The van der Waals surface area contributed by atoms with Crippen molar-refractivity contribution in [2.24, 2.45) is 0 Å². The molecule has 2 amide bonds. The Morgan fingerprint density at radius 1 is 1.03 bits per heavy atom. The largest absolute Gasteiger partial charge is 0.416 e. The fraction of sp³-hybridized carbons (Fsp3) is 0.667. The number of nitrogens with one attached hydrogen (secondary N) is 1. The van der Waals surface area contributed by atoms with Crippen LogP contribution in [0.4, 0.5) is 29.3 Å². The monoisotopic (exact) mass is 426 g/mol. The molecule has 0 radical (unpaired) electrons. The average molecular weight is 426 g/mol. The SMILES string of the molecule is O=C(Nc1cc(C(F)(F)F)ccc1N1CCOCC1)N1CCCC(N2CCCC2)C1. The van der Waals surface area contributed by atoms with E-state index < -0.39 is 11.7 Å². The molecule has 4 rings (SSSR count). The second-order valence-electron chi connectivity index (χ2n) is 8.24. The van der Waals surface area contributed by atoms with Gasteiger partial charge in [-0.15, -0.1) is 0 Å². The lowest BCUT2D eigenvalue weighted by Crippen LogP contribution is -2.50. The van der Waals surface area contributed by atoms with Crippen molar-refractivity contribution in [1.82, 2.24) is 9.80 Å². The summed E-state index contributed by atoms with van der Waals surface area (Å²) in [7, 11) is 0. The lowest BCUT2D eigenvalue weighted by molar-refractivity contribution is -0.137. The summed E-state index contributed by atoms with van der Waals surface area (Å²) >= 11 is 0. The number of carbonyl (C=O) groups is 1. The van der Waals surface area contributed by atoms with Crippen LogP contribution in [0.1, 0.15) is 31.2 Å². The maximum Gasteiger partial charge on any atom is 0.416 e. The van der Waals surface area contributed by atoms with Crippen LogP contribution >= 0.6 is 0 Å². The first-order valence-corrected chi connectivity index (χ1v) is 10.8. The maximum absolute atomic E-state index is 13.3. The molecule has 1 aromatic rings. The predicted molar refractivity (Wildman–Crippen MR) is 109 cm³/mol.